The summed E-state index contributed by atoms with van der Waals surface area (Å²) in [5.41, 5.74) is 5.78. The summed E-state index contributed by atoms with van der Waals surface area (Å²) in [4.78, 5) is 13.7. The molecule has 0 bridgehead atoms. The number of rotatable bonds is 4. The van der Waals surface area contributed by atoms with E-state index in [1.165, 1.54) is 0 Å². The zero-order valence-electron chi connectivity index (χ0n) is 9.74. The minimum Gasteiger partial charge on any atom is -0.382 e. The predicted molar refractivity (Wildman–Crippen MR) is 59.5 cm³/mol. The van der Waals surface area contributed by atoms with Crippen molar-refractivity contribution in [2.45, 2.75) is 44.8 Å². The molecule has 0 aliphatic carbocycles. The van der Waals surface area contributed by atoms with Crippen LogP contribution in [0.1, 0.15) is 32.6 Å². The van der Waals surface area contributed by atoms with Crippen LogP contribution in [0.3, 0.4) is 0 Å². The lowest BCUT2D eigenvalue weighted by Gasteiger charge is -2.30. The van der Waals surface area contributed by atoms with Gasteiger partial charge < -0.3 is 15.4 Å². The highest BCUT2D eigenvalue weighted by atomic mass is 16.5. The first-order chi connectivity index (χ1) is 7.13. The van der Waals surface area contributed by atoms with Gasteiger partial charge in [0.15, 0.2) is 0 Å². The molecule has 88 valence electrons. The van der Waals surface area contributed by atoms with Gasteiger partial charge in [0.2, 0.25) is 5.91 Å². The van der Waals surface area contributed by atoms with Crippen LogP contribution in [0.25, 0.3) is 0 Å². The Hall–Kier alpha value is -0.610. The van der Waals surface area contributed by atoms with E-state index in [1.807, 2.05) is 11.8 Å². The summed E-state index contributed by atoms with van der Waals surface area (Å²) in [5, 5.41) is 0. The van der Waals surface area contributed by atoms with Gasteiger partial charge in [0, 0.05) is 32.7 Å². The summed E-state index contributed by atoms with van der Waals surface area (Å²) in [6, 6.07) is 0.284. The molecule has 0 aromatic carbocycles. The molecule has 2 N–H and O–H groups in total. The number of carbonyl (C=O) groups is 1. The zero-order valence-corrected chi connectivity index (χ0v) is 9.74. The smallest absolute Gasteiger partial charge is 0.222 e. The maximum Gasteiger partial charge on any atom is 0.222 e. The van der Waals surface area contributed by atoms with Crippen molar-refractivity contribution in [3.63, 3.8) is 0 Å². The molecule has 15 heavy (non-hydrogen) atoms. The molecule has 1 aliphatic rings. The third kappa shape index (κ3) is 4.18. The molecule has 1 atom stereocenters. The molecule has 1 fully saturated rings. The van der Waals surface area contributed by atoms with Crippen molar-refractivity contribution < 1.29 is 9.53 Å². The monoisotopic (exact) mass is 214 g/mol. The second-order valence-corrected chi connectivity index (χ2v) is 4.30. The molecule has 1 saturated heterocycles. The van der Waals surface area contributed by atoms with Crippen LogP contribution >= 0.6 is 0 Å². The third-order valence-corrected chi connectivity index (χ3v) is 3.06. The first kappa shape index (κ1) is 12.5. The van der Waals surface area contributed by atoms with E-state index in [1.54, 1.807) is 7.11 Å². The number of likely N-dealkylation sites (tertiary alicyclic amines) is 1. The Labute approximate surface area is 91.8 Å². The molecule has 1 aliphatic heterocycles. The van der Waals surface area contributed by atoms with E-state index in [9.17, 15) is 4.79 Å². The molecular weight excluding hydrogens is 192 g/mol. The minimum absolute atomic E-state index is 0.168. The van der Waals surface area contributed by atoms with Crippen molar-refractivity contribution >= 4 is 5.91 Å². The number of nitrogens with zero attached hydrogens (tertiary/aromatic N) is 1. The van der Waals surface area contributed by atoms with Gasteiger partial charge in [-0.15, -0.1) is 0 Å². The topological polar surface area (TPSA) is 55.6 Å². The highest BCUT2D eigenvalue weighted by Crippen LogP contribution is 2.11. The molecule has 0 spiro atoms. The van der Waals surface area contributed by atoms with Crippen LogP contribution < -0.4 is 5.73 Å². The Morgan fingerprint density at radius 2 is 2.13 bits per heavy atom. The number of methoxy groups -OCH3 is 1. The fourth-order valence-corrected chi connectivity index (χ4v) is 1.75. The maximum absolute atomic E-state index is 11.8. The van der Waals surface area contributed by atoms with Gasteiger partial charge >= 0.3 is 0 Å². The molecule has 4 nitrogen and oxygen atoms in total. The second kappa shape index (κ2) is 6.08. The number of carbonyl (C=O) groups excluding carboxylic acids is 1. The first-order valence-electron chi connectivity index (χ1n) is 5.69. The fraction of sp³-hybridized carbons (Fsp3) is 0.909. The number of nitrogens with two attached hydrogens (primary N) is 1. The summed E-state index contributed by atoms with van der Waals surface area (Å²) >= 11 is 0. The Morgan fingerprint density at radius 1 is 1.53 bits per heavy atom. The van der Waals surface area contributed by atoms with Gasteiger partial charge in [0.1, 0.15) is 0 Å². The molecular formula is C11H22N2O2. The predicted octanol–water partition coefficient (Wildman–Crippen LogP) is 0.751. The van der Waals surface area contributed by atoms with E-state index < -0.39 is 0 Å². The van der Waals surface area contributed by atoms with E-state index in [0.717, 1.165) is 32.4 Å². The van der Waals surface area contributed by atoms with E-state index in [2.05, 4.69) is 0 Å². The quantitative estimate of drug-likeness (QED) is 0.751. The summed E-state index contributed by atoms with van der Waals surface area (Å²) < 4.78 is 5.11. The second-order valence-electron chi connectivity index (χ2n) is 4.30. The van der Waals surface area contributed by atoms with Crippen LogP contribution in [0, 0.1) is 0 Å². The van der Waals surface area contributed by atoms with Crippen LogP contribution in [-0.2, 0) is 9.53 Å². The van der Waals surface area contributed by atoms with Crippen LogP contribution in [0.5, 0.6) is 0 Å². The van der Waals surface area contributed by atoms with Gasteiger partial charge in [-0.25, -0.2) is 0 Å². The highest BCUT2D eigenvalue weighted by molar-refractivity contribution is 5.76. The van der Waals surface area contributed by atoms with Gasteiger partial charge in [-0.1, -0.05) is 0 Å². The maximum atomic E-state index is 11.8. The molecule has 4 heteroatoms. The lowest BCUT2D eigenvalue weighted by atomic mass is 10.1. The normalized spacial score (nSPS) is 20.3. The average molecular weight is 214 g/mol. The van der Waals surface area contributed by atoms with Gasteiger partial charge in [-0.3, -0.25) is 4.79 Å². The van der Waals surface area contributed by atoms with Gasteiger partial charge in [-0.05, 0) is 26.2 Å². The lowest BCUT2D eigenvalue weighted by molar-refractivity contribution is -0.132. The molecule has 1 amide bonds. The Kier molecular flexibility index (Phi) is 5.05. The lowest BCUT2D eigenvalue weighted by Crippen LogP contribution is -2.42. The number of hydrogen-bond acceptors (Lipinski definition) is 3. The summed E-state index contributed by atoms with van der Waals surface area (Å²) in [6.07, 6.45) is 3.43. The standard InChI is InChI=1S/C11H22N2O2/c1-9(15-2)3-4-11(14)13-7-5-10(12)6-8-13/h9-10H,3-8,12H2,1-2H3. The summed E-state index contributed by atoms with van der Waals surface area (Å²) in [6.45, 7) is 3.63. The Balaban J connectivity index is 2.22. The molecule has 0 aromatic heterocycles. The van der Waals surface area contributed by atoms with Gasteiger partial charge in [-0.2, -0.15) is 0 Å². The van der Waals surface area contributed by atoms with Crippen molar-refractivity contribution in [3.05, 3.63) is 0 Å². The van der Waals surface area contributed by atoms with E-state index in [-0.39, 0.29) is 18.1 Å². The number of piperidine rings is 1. The SMILES string of the molecule is COC(C)CCC(=O)N1CCC(N)CC1. The average Bonchev–Trinajstić information content (AvgIpc) is 2.26. The summed E-state index contributed by atoms with van der Waals surface area (Å²) in [7, 11) is 1.68. The molecule has 1 heterocycles. The fourth-order valence-electron chi connectivity index (χ4n) is 1.75. The van der Waals surface area contributed by atoms with E-state index in [4.69, 9.17) is 10.5 Å². The largest absolute Gasteiger partial charge is 0.382 e. The molecule has 1 unspecified atom stereocenters. The zero-order chi connectivity index (χ0) is 11.3. The van der Waals surface area contributed by atoms with Crippen molar-refractivity contribution in [1.29, 1.82) is 0 Å². The number of amides is 1. The number of ether oxygens (including phenoxy) is 1. The minimum atomic E-state index is 0.168. The Bertz CT molecular complexity index is 201. The van der Waals surface area contributed by atoms with Crippen molar-refractivity contribution in [1.82, 2.24) is 4.90 Å². The molecule has 1 rings (SSSR count). The van der Waals surface area contributed by atoms with E-state index in [0.29, 0.717) is 6.42 Å². The summed E-state index contributed by atoms with van der Waals surface area (Å²) in [5.74, 6) is 0.241. The van der Waals surface area contributed by atoms with Crippen molar-refractivity contribution in [2.75, 3.05) is 20.2 Å². The van der Waals surface area contributed by atoms with Gasteiger partial charge in [0.25, 0.3) is 0 Å². The van der Waals surface area contributed by atoms with Crippen molar-refractivity contribution in [2.24, 2.45) is 5.73 Å². The molecule has 0 aromatic rings. The van der Waals surface area contributed by atoms with Gasteiger partial charge in [0.05, 0.1) is 6.10 Å². The van der Waals surface area contributed by atoms with Crippen LogP contribution in [0.2, 0.25) is 0 Å². The van der Waals surface area contributed by atoms with Crippen LogP contribution in [0.15, 0.2) is 0 Å². The van der Waals surface area contributed by atoms with E-state index >= 15 is 0 Å². The van der Waals surface area contributed by atoms with Crippen LogP contribution in [0.4, 0.5) is 0 Å². The highest BCUT2D eigenvalue weighted by Gasteiger charge is 2.20. The number of hydrogen-bond donors (Lipinski definition) is 1. The Morgan fingerprint density at radius 3 is 2.67 bits per heavy atom. The first-order valence-corrected chi connectivity index (χ1v) is 5.69. The molecule has 0 radical (unpaired) electrons. The molecule has 0 saturated carbocycles. The van der Waals surface area contributed by atoms with Crippen molar-refractivity contribution in [3.8, 4) is 0 Å². The third-order valence-electron chi connectivity index (χ3n) is 3.06. The van der Waals surface area contributed by atoms with Crippen LogP contribution in [-0.4, -0.2) is 43.2 Å².